The maximum absolute atomic E-state index is 12.9. The number of nitrogens with one attached hydrogen (secondary N) is 1. The summed E-state index contributed by atoms with van der Waals surface area (Å²) in [6, 6.07) is 2.54. The zero-order valence-electron chi connectivity index (χ0n) is 10.8. The molecule has 0 aliphatic rings. The number of rotatable bonds is 5. The van der Waals surface area contributed by atoms with Crippen molar-refractivity contribution in [1.29, 1.82) is 0 Å². The number of hydrogen-bond donors (Lipinski definition) is 2. The van der Waals surface area contributed by atoms with Crippen LogP contribution in [0.2, 0.25) is 0 Å². The number of amides is 1. The van der Waals surface area contributed by atoms with Gasteiger partial charge < -0.3 is 10.4 Å². The molecule has 0 atom stereocenters. The Morgan fingerprint density at radius 3 is 2.55 bits per heavy atom. The first-order valence-electron chi connectivity index (χ1n) is 5.60. The molecule has 20 heavy (non-hydrogen) atoms. The van der Waals surface area contributed by atoms with E-state index in [2.05, 4.69) is 5.32 Å². The lowest BCUT2D eigenvalue weighted by molar-refractivity contribution is -0.385. The average Bonchev–Trinajstić information content (AvgIpc) is 2.35. The second-order valence-electron chi connectivity index (χ2n) is 4.79. The van der Waals surface area contributed by atoms with Crippen LogP contribution in [0.15, 0.2) is 18.2 Å². The number of nitro groups is 1. The van der Waals surface area contributed by atoms with Crippen molar-refractivity contribution < 1.29 is 24.0 Å². The molecule has 0 unspecified atom stereocenters. The lowest BCUT2D eigenvalue weighted by atomic mass is 9.94. The Bertz CT molecular complexity index is 571. The molecular weight excluding hydrogens is 271 g/mol. The van der Waals surface area contributed by atoms with Gasteiger partial charge in [-0.1, -0.05) is 0 Å². The van der Waals surface area contributed by atoms with Gasteiger partial charge in [0.2, 0.25) is 0 Å². The zero-order chi connectivity index (χ0) is 15.5. The molecule has 0 saturated heterocycles. The summed E-state index contributed by atoms with van der Waals surface area (Å²) in [5, 5.41) is 21.9. The van der Waals surface area contributed by atoms with E-state index in [0.717, 1.165) is 12.1 Å². The van der Waals surface area contributed by atoms with Gasteiger partial charge in [0, 0.05) is 6.54 Å². The summed E-state index contributed by atoms with van der Waals surface area (Å²) in [6.07, 6.45) is 0. The van der Waals surface area contributed by atoms with Crippen molar-refractivity contribution in [2.75, 3.05) is 6.54 Å². The number of carboxylic acid groups (broad SMARTS) is 1. The number of aliphatic carboxylic acids is 1. The molecule has 0 saturated carbocycles. The molecule has 1 aromatic carbocycles. The normalized spacial score (nSPS) is 10.9. The first-order valence-corrected chi connectivity index (χ1v) is 5.60. The zero-order valence-corrected chi connectivity index (χ0v) is 10.8. The van der Waals surface area contributed by atoms with Gasteiger partial charge in [-0.05, 0) is 26.0 Å². The van der Waals surface area contributed by atoms with E-state index in [9.17, 15) is 24.1 Å². The fourth-order valence-corrected chi connectivity index (χ4v) is 1.32. The quantitative estimate of drug-likeness (QED) is 0.630. The van der Waals surface area contributed by atoms with E-state index in [4.69, 9.17) is 5.11 Å². The van der Waals surface area contributed by atoms with Crippen molar-refractivity contribution in [3.63, 3.8) is 0 Å². The standard InChI is InChI=1S/C12H13FN2O5/c1-12(2,11(17)18)6-14-10(16)8-4-3-7(13)5-9(8)15(19)20/h3-5H,6H2,1-2H3,(H,14,16)(H,17,18). The maximum atomic E-state index is 12.9. The molecule has 0 aliphatic heterocycles. The number of halogens is 1. The van der Waals surface area contributed by atoms with E-state index >= 15 is 0 Å². The van der Waals surface area contributed by atoms with Crippen molar-refractivity contribution in [1.82, 2.24) is 5.32 Å². The fraction of sp³-hybridized carbons (Fsp3) is 0.333. The molecule has 7 nitrogen and oxygen atoms in total. The highest BCUT2D eigenvalue weighted by atomic mass is 19.1. The molecule has 108 valence electrons. The van der Waals surface area contributed by atoms with Crippen LogP contribution < -0.4 is 5.32 Å². The molecule has 0 heterocycles. The van der Waals surface area contributed by atoms with E-state index in [1.165, 1.54) is 13.8 Å². The molecule has 1 rings (SSSR count). The van der Waals surface area contributed by atoms with Gasteiger partial charge in [0.25, 0.3) is 11.6 Å². The van der Waals surface area contributed by atoms with Crippen molar-refractivity contribution in [2.24, 2.45) is 5.41 Å². The predicted molar refractivity (Wildman–Crippen MR) is 66.8 cm³/mol. The fourth-order valence-electron chi connectivity index (χ4n) is 1.32. The van der Waals surface area contributed by atoms with E-state index < -0.39 is 33.7 Å². The Morgan fingerprint density at radius 1 is 1.45 bits per heavy atom. The molecule has 0 bridgehead atoms. The molecule has 1 aromatic rings. The van der Waals surface area contributed by atoms with Crippen LogP contribution in [-0.2, 0) is 4.79 Å². The highest BCUT2D eigenvalue weighted by molar-refractivity contribution is 5.98. The van der Waals surface area contributed by atoms with E-state index in [1.54, 1.807) is 0 Å². The molecule has 8 heteroatoms. The summed E-state index contributed by atoms with van der Waals surface area (Å²) in [4.78, 5) is 32.6. The summed E-state index contributed by atoms with van der Waals surface area (Å²) in [5.41, 5.74) is -2.21. The molecule has 2 N–H and O–H groups in total. The molecule has 0 spiro atoms. The molecule has 0 radical (unpaired) electrons. The third-order valence-corrected chi connectivity index (χ3v) is 2.67. The predicted octanol–water partition coefficient (Wildman–Crippen LogP) is 1.57. The van der Waals surface area contributed by atoms with E-state index in [0.29, 0.717) is 6.07 Å². The van der Waals surface area contributed by atoms with Crippen LogP contribution >= 0.6 is 0 Å². The average molecular weight is 284 g/mol. The number of nitrogens with zero attached hydrogens (tertiary/aromatic N) is 1. The number of nitro benzene ring substituents is 1. The molecule has 0 fully saturated rings. The van der Waals surface area contributed by atoms with Gasteiger partial charge in [-0.15, -0.1) is 0 Å². The lowest BCUT2D eigenvalue weighted by Gasteiger charge is -2.19. The largest absolute Gasteiger partial charge is 0.481 e. The van der Waals surface area contributed by atoms with E-state index in [-0.39, 0.29) is 12.1 Å². The number of carbonyl (C=O) groups is 2. The topological polar surface area (TPSA) is 110 Å². The molecular formula is C12H13FN2O5. The van der Waals surface area contributed by atoms with Gasteiger partial charge in [0.1, 0.15) is 11.4 Å². The molecule has 1 amide bonds. The Hall–Kier alpha value is -2.51. The third kappa shape index (κ3) is 3.50. The number of carboxylic acids is 1. The van der Waals surface area contributed by atoms with Crippen molar-refractivity contribution in [3.8, 4) is 0 Å². The third-order valence-electron chi connectivity index (χ3n) is 2.67. The van der Waals surface area contributed by atoms with Crippen LogP contribution in [0.5, 0.6) is 0 Å². The minimum Gasteiger partial charge on any atom is -0.481 e. The second kappa shape index (κ2) is 5.64. The van der Waals surface area contributed by atoms with Gasteiger partial charge in [-0.25, -0.2) is 4.39 Å². The van der Waals surface area contributed by atoms with Crippen LogP contribution in [0.4, 0.5) is 10.1 Å². The Labute approximate surface area is 113 Å². The maximum Gasteiger partial charge on any atom is 0.310 e. The first kappa shape index (κ1) is 15.5. The monoisotopic (exact) mass is 284 g/mol. The van der Waals surface area contributed by atoms with Gasteiger partial charge in [-0.3, -0.25) is 19.7 Å². The van der Waals surface area contributed by atoms with Gasteiger partial charge >= 0.3 is 5.97 Å². The summed E-state index contributed by atoms with van der Waals surface area (Å²) in [5.74, 6) is -2.78. The van der Waals surface area contributed by atoms with Gasteiger partial charge in [0.05, 0.1) is 16.4 Å². The minimum absolute atomic E-state index is 0.213. The van der Waals surface area contributed by atoms with Crippen LogP contribution in [0.25, 0.3) is 0 Å². The van der Waals surface area contributed by atoms with Gasteiger partial charge in [0.15, 0.2) is 0 Å². The minimum atomic E-state index is -1.22. The van der Waals surface area contributed by atoms with Crippen LogP contribution in [-0.4, -0.2) is 28.5 Å². The summed E-state index contributed by atoms with van der Waals surface area (Å²) in [6.45, 7) is 2.58. The number of hydrogen-bond acceptors (Lipinski definition) is 4. The second-order valence-corrected chi connectivity index (χ2v) is 4.79. The summed E-state index contributed by atoms with van der Waals surface area (Å²) in [7, 11) is 0. The van der Waals surface area contributed by atoms with Crippen molar-refractivity contribution >= 4 is 17.6 Å². The van der Waals surface area contributed by atoms with E-state index in [1.807, 2.05) is 0 Å². The van der Waals surface area contributed by atoms with Crippen LogP contribution in [0.1, 0.15) is 24.2 Å². The van der Waals surface area contributed by atoms with Crippen LogP contribution in [0, 0.1) is 21.3 Å². The summed E-state index contributed by atoms with van der Waals surface area (Å²) < 4.78 is 12.9. The summed E-state index contributed by atoms with van der Waals surface area (Å²) >= 11 is 0. The lowest BCUT2D eigenvalue weighted by Crippen LogP contribution is -2.39. The Morgan fingerprint density at radius 2 is 2.05 bits per heavy atom. The Kier molecular flexibility index (Phi) is 4.38. The smallest absolute Gasteiger partial charge is 0.310 e. The molecule has 0 aromatic heterocycles. The highest BCUT2D eigenvalue weighted by Gasteiger charge is 2.29. The van der Waals surface area contributed by atoms with Crippen molar-refractivity contribution in [2.45, 2.75) is 13.8 Å². The highest BCUT2D eigenvalue weighted by Crippen LogP contribution is 2.20. The van der Waals surface area contributed by atoms with Crippen molar-refractivity contribution in [3.05, 3.63) is 39.7 Å². The molecule has 0 aliphatic carbocycles. The van der Waals surface area contributed by atoms with Crippen LogP contribution in [0.3, 0.4) is 0 Å². The van der Waals surface area contributed by atoms with Gasteiger partial charge in [-0.2, -0.15) is 0 Å². The number of carbonyl (C=O) groups excluding carboxylic acids is 1. The first-order chi connectivity index (χ1) is 9.15. The SMILES string of the molecule is CC(C)(CNC(=O)c1ccc(F)cc1[N+](=O)[O-])C(=O)O. The number of benzene rings is 1. The Balaban J connectivity index is 2.94.